The van der Waals surface area contributed by atoms with E-state index in [1.165, 1.54) is 6.92 Å². The first-order valence-electron chi connectivity index (χ1n) is 6.37. The first-order chi connectivity index (χ1) is 8.47. The molecular formula is C15H24O3. The maximum absolute atomic E-state index is 11.4. The summed E-state index contributed by atoms with van der Waals surface area (Å²) in [6.07, 6.45) is 7.11. The molecule has 0 saturated carbocycles. The molecule has 0 N–H and O–H groups in total. The van der Waals surface area contributed by atoms with Crippen LogP contribution in [0.3, 0.4) is 0 Å². The summed E-state index contributed by atoms with van der Waals surface area (Å²) in [5.74, 6) is 0.0444. The maximum Gasteiger partial charge on any atom is 0.302 e. The number of carbonyl (C=O) groups is 2. The number of ketones is 1. The van der Waals surface area contributed by atoms with Crippen LogP contribution in [0.2, 0.25) is 0 Å². The molecule has 1 atom stereocenters. The Morgan fingerprint density at radius 3 is 2.44 bits per heavy atom. The lowest BCUT2D eigenvalue weighted by Crippen LogP contribution is -2.09. The van der Waals surface area contributed by atoms with Crippen LogP contribution in [-0.2, 0) is 14.3 Å². The molecule has 0 fully saturated rings. The Labute approximate surface area is 110 Å². The Hall–Kier alpha value is -1.38. The van der Waals surface area contributed by atoms with Crippen molar-refractivity contribution in [1.82, 2.24) is 0 Å². The van der Waals surface area contributed by atoms with E-state index in [0.717, 1.165) is 31.3 Å². The van der Waals surface area contributed by atoms with Crippen molar-refractivity contribution >= 4 is 11.8 Å². The van der Waals surface area contributed by atoms with Crippen LogP contribution in [0.1, 0.15) is 46.5 Å². The number of rotatable bonds is 9. The molecule has 3 nitrogen and oxygen atoms in total. The number of allylic oxidation sites excluding steroid dienone is 2. The SMILES string of the molecule is C=CCCC(C/C=C(\C)CCOC(C)=O)C(C)=O. The van der Waals surface area contributed by atoms with Crippen molar-refractivity contribution in [3.63, 3.8) is 0 Å². The van der Waals surface area contributed by atoms with Gasteiger partial charge in [-0.05, 0) is 33.1 Å². The number of ether oxygens (including phenoxy) is 1. The Balaban J connectivity index is 4.09. The van der Waals surface area contributed by atoms with Crippen molar-refractivity contribution in [1.29, 1.82) is 0 Å². The number of Topliss-reactive ketones (excluding diaryl/α,β-unsaturated/α-hetero) is 1. The molecule has 0 aromatic carbocycles. The first kappa shape index (κ1) is 16.6. The summed E-state index contributed by atoms with van der Waals surface area (Å²) in [7, 11) is 0. The minimum atomic E-state index is -0.254. The van der Waals surface area contributed by atoms with E-state index in [-0.39, 0.29) is 17.7 Å². The molecule has 102 valence electrons. The van der Waals surface area contributed by atoms with Crippen LogP contribution in [-0.4, -0.2) is 18.4 Å². The lowest BCUT2D eigenvalue weighted by molar-refractivity contribution is -0.140. The monoisotopic (exact) mass is 252 g/mol. The van der Waals surface area contributed by atoms with Crippen LogP contribution in [0.4, 0.5) is 0 Å². The Bertz CT molecular complexity index is 316. The van der Waals surface area contributed by atoms with E-state index in [0.29, 0.717) is 6.61 Å². The highest BCUT2D eigenvalue weighted by atomic mass is 16.5. The third kappa shape index (κ3) is 8.74. The molecule has 0 aliphatic rings. The molecule has 0 aromatic heterocycles. The number of esters is 1. The van der Waals surface area contributed by atoms with Gasteiger partial charge in [0.05, 0.1) is 6.61 Å². The molecular weight excluding hydrogens is 228 g/mol. The van der Waals surface area contributed by atoms with Crippen molar-refractivity contribution in [2.45, 2.75) is 46.5 Å². The van der Waals surface area contributed by atoms with Gasteiger partial charge >= 0.3 is 5.97 Å². The molecule has 0 spiro atoms. The van der Waals surface area contributed by atoms with E-state index in [2.05, 4.69) is 12.7 Å². The van der Waals surface area contributed by atoms with Crippen LogP contribution in [0.5, 0.6) is 0 Å². The molecule has 0 bridgehead atoms. The van der Waals surface area contributed by atoms with E-state index in [4.69, 9.17) is 4.74 Å². The third-order valence-electron chi connectivity index (χ3n) is 2.85. The highest BCUT2D eigenvalue weighted by Gasteiger charge is 2.11. The molecule has 0 aliphatic heterocycles. The predicted octanol–water partition coefficient (Wildman–Crippen LogP) is 3.45. The van der Waals surface area contributed by atoms with Gasteiger partial charge in [-0.2, -0.15) is 0 Å². The molecule has 0 heterocycles. The summed E-state index contributed by atoms with van der Waals surface area (Å²) < 4.78 is 4.87. The molecule has 3 heteroatoms. The first-order valence-corrected chi connectivity index (χ1v) is 6.37. The zero-order valence-electron chi connectivity index (χ0n) is 11.7. The van der Waals surface area contributed by atoms with Gasteiger partial charge in [0.2, 0.25) is 0 Å². The van der Waals surface area contributed by atoms with Crippen LogP contribution in [0, 0.1) is 5.92 Å². The third-order valence-corrected chi connectivity index (χ3v) is 2.85. The lowest BCUT2D eigenvalue weighted by atomic mass is 9.94. The van der Waals surface area contributed by atoms with Crippen LogP contribution in [0.25, 0.3) is 0 Å². The molecule has 0 saturated heterocycles. The van der Waals surface area contributed by atoms with Crippen molar-refractivity contribution in [3.05, 3.63) is 24.3 Å². The summed E-state index contributed by atoms with van der Waals surface area (Å²) in [5.41, 5.74) is 1.15. The van der Waals surface area contributed by atoms with Gasteiger partial charge in [-0.1, -0.05) is 17.7 Å². The Morgan fingerprint density at radius 1 is 1.28 bits per heavy atom. The molecule has 0 amide bonds. The lowest BCUT2D eigenvalue weighted by Gasteiger charge is -2.10. The fourth-order valence-corrected chi connectivity index (χ4v) is 1.61. The highest BCUT2D eigenvalue weighted by molar-refractivity contribution is 5.78. The largest absolute Gasteiger partial charge is 0.466 e. The summed E-state index contributed by atoms with van der Waals surface area (Å²) in [4.78, 5) is 22.0. The van der Waals surface area contributed by atoms with Gasteiger partial charge in [-0.25, -0.2) is 0 Å². The molecule has 18 heavy (non-hydrogen) atoms. The van der Waals surface area contributed by atoms with E-state index in [9.17, 15) is 9.59 Å². The minimum Gasteiger partial charge on any atom is -0.466 e. The van der Waals surface area contributed by atoms with E-state index >= 15 is 0 Å². The van der Waals surface area contributed by atoms with Gasteiger partial charge in [-0.15, -0.1) is 6.58 Å². The van der Waals surface area contributed by atoms with E-state index < -0.39 is 0 Å². The predicted molar refractivity (Wildman–Crippen MR) is 73.2 cm³/mol. The summed E-state index contributed by atoms with van der Waals surface area (Å²) >= 11 is 0. The quantitative estimate of drug-likeness (QED) is 0.466. The maximum atomic E-state index is 11.4. The number of carbonyl (C=O) groups excluding carboxylic acids is 2. The van der Waals surface area contributed by atoms with Gasteiger partial charge in [-0.3, -0.25) is 9.59 Å². The molecule has 0 rings (SSSR count). The smallest absolute Gasteiger partial charge is 0.302 e. The summed E-state index contributed by atoms with van der Waals surface area (Å²) in [6.45, 7) is 9.11. The van der Waals surface area contributed by atoms with Gasteiger partial charge in [0.1, 0.15) is 5.78 Å². The average molecular weight is 252 g/mol. The Kier molecular flexibility index (Phi) is 8.89. The van der Waals surface area contributed by atoms with Crippen molar-refractivity contribution in [2.75, 3.05) is 6.61 Å². The molecule has 0 radical (unpaired) electrons. The highest BCUT2D eigenvalue weighted by Crippen LogP contribution is 2.15. The fraction of sp³-hybridized carbons (Fsp3) is 0.600. The second kappa shape index (κ2) is 9.63. The van der Waals surface area contributed by atoms with Crippen molar-refractivity contribution < 1.29 is 14.3 Å². The normalized spacial score (nSPS) is 12.9. The molecule has 1 unspecified atom stereocenters. The van der Waals surface area contributed by atoms with Crippen LogP contribution >= 0.6 is 0 Å². The van der Waals surface area contributed by atoms with Crippen LogP contribution in [0.15, 0.2) is 24.3 Å². The number of hydrogen-bond acceptors (Lipinski definition) is 3. The molecule has 0 aliphatic carbocycles. The zero-order chi connectivity index (χ0) is 14.0. The van der Waals surface area contributed by atoms with Crippen LogP contribution < -0.4 is 0 Å². The molecule has 0 aromatic rings. The summed E-state index contributed by atoms with van der Waals surface area (Å²) in [6, 6.07) is 0. The average Bonchev–Trinajstić information content (AvgIpc) is 2.28. The van der Waals surface area contributed by atoms with Gasteiger partial charge in [0.25, 0.3) is 0 Å². The van der Waals surface area contributed by atoms with Gasteiger partial charge in [0, 0.05) is 19.3 Å². The summed E-state index contributed by atoms with van der Waals surface area (Å²) in [5, 5.41) is 0. The standard InChI is InChI=1S/C15H24O3/c1-5-6-7-15(13(3)16)9-8-12(2)10-11-18-14(4)17/h5,8,15H,1,6-7,9-11H2,2-4H3/b12-8+. The minimum absolute atomic E-state index is 0.0756. The number of hydrogen-bond donors (Lipinski definition) is 0. The second-order valence-corrected chi connectivity index (χ2v) is 4.55. The van der Waals surface area contributed by atoms with E-state index in [1.807, 2.05) is 13.0 Å². The van der Waals surface area contributed by atoms with Gasteiger partial charge in [0.15, 0.2) is 0 Å². The Morgan fingerprint density at radius 2 is 1.94 bits per heavy atom. The fourth-order valence-electron chi connectivity index (χ4n) is 1.61. The topological polar surface area (TPSA) is 43.4 Å². The zero-order valence-corrected chi connectivity index (χ0v) is 11.7. The van der Waals surface area contributed by atoms with Crippen molar-refractivity contribution in [3.8, 4) is 0 Å². The van der Waals surface area contributed by atoms with Gasteiger partial charge < -0.3 is 4.74 Å². The van der Waals surface area contributed by atoms with Crippen molar-refractivity contribution in [2.24, 2.45) is 5.92 Å². The second-order valence-electron chi connectivity index (χ2n) is 4.55. The van der Waals surface area contributed by atoms with E-state index in [1.54, 1.807) is 6.92 Å².